The number of aliphatic hydroxyl groups excluding tert-OH is 4. The van der Waals surface area contributed by atoms with Gasteiger partial charge in [-0.25, -0.2) is 0 Å². The molecule has 1 unspecified atom stereocenters. The minimum atomic E-state index is -1.48. The van der Waals surface area contributed by atoms with Gasteiger partial charge in [0.1, 0.15) is 18.3 Å². The lowest BCUT2D eigenvalue weighted by Crippen LogP contribution is -2.56. The van der Waals surface area contributed by atoms with Crippen molar-refractivity contribution in [2.75, 3.05) is 0 Å². The van der Waals surface area contributed by atoms with E-state index in [0.29, 0.717) is 0 Å². The average molecular weight is 163 g/mol. The molecular weight excluding hydrogens is 152 g/mol. The molecule has 0 aromatic carbocycles. The van der Waals surface area contributed by atoms with Crippen molar-refractivity contribution < 1.29 is 25.2 Å². The van der Waals surface area contributed by atoms with Crippen LogP contribution in [0.1, 0.15) is 0 Å². The zero-order chi connectivity index (χ0) is 8.59. The zero-order valence-corrected chi connectivity index (χ0v) is 5.79. The van der Waals surface area contributed by atoms with Crippen LogP contribution in [-0.4, -0.2) is 51.1 Å². The molecule has 1 aliphatic heterocycles. The van der Waals surface area contributed by atoms with Crippen molar-refractivity contribution in [1.82, 2.24) is 0 Å². The predicted octanol–water partition coefficient (Wildman–Crippen LogP) is -2.38. The molecule has 0 amide bonds. The van der Waals surface area contributed by atoms with E-state index in [4.69, 9.17) is 20.4 Å². The maximum absolute atomic E-state index is 9.03. The van der Waals surface area contributed by atoms with Gasteiger partial charge >= 0.3 is 0 Å². The highest BCUT2D eigenvalue weighted by atomic mass is 16.6. The van der Waals surface area contributed by atoms with Crippen LogP contribution in [0.15, 0.2) is 0 Å². The maximum Gasteiger partial charge on any atom is 0.183 e. The van der Waals surface area contributed by atoms with Gasteiger partial charge in [-0.05, 0) is 6.92 Å². The molecule has 5 atom stereocenters. The van der Waals surface area contributed by atoms with Crippen LogP contribution in [0.3, 0.4) is 0 Å². The monoisotopic (exact) mass is 163 g/mol. The van der Waals surface area contributed by atoms with E-state index in [0.717, 1.165) is 0 Å². The lowest BCUT2D eigenvalue weighted by Gasteiger charge is -2.36. The molecule has 0 saturated carbocycles. The van der Waals surface area contributed by atoms with Crippen molar-refractivity contribution in [3.63, 3.8) is 0 Å². The topological polar surface area (TPSA) is 90.2 Å². The van der Waals surface area contributed by atoms with Crippen LogP contribution in [-0.2, 0) is 4.74 Å². The van der Waals surface area contributed by atoms with Gasteiger partial charge in [0.05, 0.1) is 6.10 Å². The van der Waals surface area contributed by atoms with Gasteiger partial charge in [-0.3, -0.25) is 0 Å². The summed E-state index contributed by atoms with van der Waals surface area (Å²) in [6.45, 7) is 3.31. The van der Waals surface area contributed by atoms with Crippen molar-refractivity contribution in [1.29, 1.82) is 0 Å². The van der Waals surface area contributed by atoms with Gasteiger partial charge in [-0.2, -0.15) is 0 Å². The molecule has 0 spiro atoms. The second-order valence-electron chi connectivity index (χ2n) is 2.54. The second-order valence-corrected chi connectivity index (χ2v) is 2.54. The molecule has 1 saturated heterocycles. The van der Waals surface area contributed by atoms with Crippen LogP contribution < -0.4 is 0 Å². The standard InChI is InChI=1S/C6H11O5/c1-2-3(7)4(8)5(9)6(10)11-2/h2-10H,1H2/t2-,3+,4+,5-,6?/m1/s1. The number of ether oxygens (including phenoxy) is 1. The minimum Gasteiger partial charge on any atom is -0.388 e. The van der Waals surface area contributed by atoms with Gasteiger partial charge in [0, 0.05) is 0 Å². The lowest BCUT2D eigenvalue weighted by molar-refractivity contribution is -0.271. The molecule has 1 radical (unpaired) electrons. The lowest BCUT2D eigenvalue weighted by atomic mass is 10.0. The highest BCUT2D eigenvalue weighted by Crippen LogP contribution is 2.18. The fourth-order valence-electron chi connectivity index (χ4n) is 0.931. The third-order valence-electron chi connectivity index (χ3n) is 1.69. The highest BCUT2D eigenvalue weighted by Gasteiger charge is 2.40. The third-order valence-corrected chi connectivity index (χ3v) is 1.69. The third kappa shape index (κ3) is 1.52. The Kier molecular flexibility index (Phi) is 2.46. The summed E-state index contributed by atoms with van der Waals surface area (Å²) in [6.07, 6.45) is -6.52. The van der Waals surface area contributed by atoms with Gasteiger partial charge in [0.15, 0.2) is 6.29 Å². The van der Waals surface area contributed by atoms with Gasteiger partial charge in [0.25, 0.3) is 0 Å². The highest BCUT2D eigenvalue weighted by molar-refractivity contribution is 4.89. The van der Waals surface area contributed by atoms with E-state index < -0.39 is 30.7 Å². The molecule has 0 aliphatic carbocycles. The van der Waals surface area contributed by atoms with Gasteiger partial charge in [-0.1, -0.05) is 0 Å². The molecule has 0 aromatic rings. The van der Waals surface area contributed by atoms with Crippen LogP contribution in [0.2, 0.25) is 0 Å². The molecule has 4 N–H and O–H groups in total. The Hall–Kier alpha value is -0.200. The first-order valence-corrected chi connectivity index (χ1v) is 3.25. The molecule has 1 aliphatic rings. The minimum absolute atomic E-state index is 0.914. The van der Waals surface area contributed by atoms with E-state index in [9.17, 15) is 0 Å². The van der Waals surface area contributed by atoms with E-state index in [2.05, 4.69) is 11.7 Å². The molecule has 1 rings (SSSR count). The molecule has 1 fully saturated rings. The normalized spacial score (nSPS) is 52.6. The maximum atomic E-state index is 9.03. The molecule has 1 heterocycles. The molecular formula is C6H11O5. The molecule has 11 heavy (non-hydrogen) atoms. The number of hydrogen-bond acceptors (Lipinski definition) is 5. The summed E-state index contributed by atoms with van der Waals surface area (Å²) in [7, 11) is 0. The summed E-state index contributed by atoms with van der Waals surface area (Å²) >= 11 is 0. The molecule has 65 valence electrons. The molecule has 5 heteroatoms. The smallest absolute Gasteiger partial charge is 0.183 e. The summed E-state index contributed by atoms with van der Waals surface area (Å²) in [5, 5.41) is 35.8. The largest absolute Gasteiger partial charge is 0.388 e. The van der Waals surface area contributed by atoms with Crippen molar-refractivity contribution >= 4 is 0 Å². The van der Waals surface area contributed by atoms with Crippen LogP contribution in [0.5, 0.6) is 0 Å². The molecule has 5 nitrogen and oxygen atoms in total. The number of aliphatic hydroxyl groups is 4. The SMILES string of the molecule is [CH2][C@H]1OC(O)[C@H](O)[C@@H](O)[C@H]1O. The first-order chi connectivity index (χ1) is 5.04. The summed E-state index contributed by atoms with van der Waals surface area (Å²) < 4.78 is 4.57. The number of rotatable bonds is 0. The predicted molar refractivity (Wildman–Crippen MR) is 34.3 cm³/mol. The van der Waals surface area contributed by atoms with Gasteiger partial charge in [-0.15, -0.1) is 0 Å². The summed E-state index contributed by atoms with van der Waals surface area (Å²) in [4.78, 5) is 0. The fraction of sp³-hybridized carbons (Fsp3) is 0.833. The summed E-state index contributed by atoms with van der Waals surface area (Å²) in [5.41, 5.74) is 0. The van der Waals surface area contributed by atoms with Crippen LogP contribution in [0, 0.1) is 6.92 Å². The van der Waals surface area contributed by atoms with Crippen LogP contribution >= 0.6 is 0 Å². The fourth-order valence-corrected chi connectivity index (χ4v) is 0.931. The van der Waals surface area contributed by atoms with Gasteiger partial charge in [0.2, 0.25) is 0 Å². The van der Waals surface area contributed by atoms with E-state index >= 15 is 0 Å². The van der Waals surface area contributed by atoms with Gasteiger partial charge < -0.3 is 25.2 Å². The summed E-state index contributed by atoms with van der Waals surface area (Å²) in [5.74, 6) is 0. The Morgan fingerprint density at radius 3 is 2.00 bits per heavy atom. The van der Waals surface area contributed by atoms with Crippen molar-refractivity contribution in [2.24, 2.45) is 0 Å². The van der Waals surface area contributed by atoms with Crippen molar-refractivity contribution in [2.45, 2.75) is 30.7 Å². The average Bonchev–Trinajstić information content (AvgIpc) is 1.97. The molecule has 0 bridgehead atoms. The van der Waals surface area contributed by atoms with E-state index in [1.807, 2.05) is 0 Å². The van der Waals surface area contributed by atoms with Crippen LogP contribution in [0.4, 0.5) is 0 Å². The van der Waals surface area contributed by atoms with Crippen molar-refractivity contribution in [3.05, 3.63) is 6.92 Å². The Morgan fingerprint density at radius 1 is 0.909 bits per heavy atom. The quantitative estimate of drug-likeness (QED) is 0.320. The van der Waals surface area contributed by atoms with E-state index in [-0.39, 0.29) is 0 Å². The first-order valence-electron chi connectivity index (χ1n) is 3.25. The summed E-state index contributed by atoms with van der Waals surface area (Å²) in [6, 6.07) is 0. The zero-order valence-electron chi connectivity index (χ0n) is 5.79. The molecule has 0 aromatic heterocycles. The second kappa shape index (κ2) is 3.04. The Labute approximate surface area is 63.8 Å². The van der Waals surface area contributed by atoms with Crippen molar-refractivity contribution in [3.8, 4) is 0 Å². The Balaban J connectivity index is 2.63. The Bertz CT molecular complexity index is 125. The van der Waals surface area contributed by atoms with E-state index in [1.165, 1.54) is 0 Å². The first kappa shape index (κ1) is 8.89. The Morgan fingerprint density at radius 2 is 1.45 bits per heavy atom. The van der Waals surface area contributed by atoms with E-state index in [1.54, 1.807) is 0 Å². The number of hydrogen-bond donors (Lipinski definition) is 4. The van der Waals surface area contributed by atoms with Crippen LogP contribution in [0.25, 0.3) is 0 Å².